The van der Waals surface area contributed by atoms with Crippen molar-refractivity contribution in [1.82, 2.24) is 10.2 Å². The highest BCUT2D eigenvalue weighted by Gasteiger charge is 2.32. The number of aryl methyl sites for hydroxylation is 1. The Kier molecular flexibility index (Phi) is 8.51. The molecule has 0 saturated heterocycles. The van der Waals surface area contributed by atoms with E-state index in [1.54, 1.807) is 17.0 Å². The number of nitrogens with zero attached hydrogens (tertiary/aromatic N) is 1. The molecule has 2 amide bonds. The van der Waals surface area contributed by atoms with E-state index in [9.17, 15) is 9.59 Å². The van der Waals surface area contributed by atoms with Crippen LogP contribution in [-0.4, -0.2) is 28.3 Å². The molecule has 34 heavy (non-hydrogen) atoms. The topological polar surface area (TPSA) is 49.4 Å². The molecule has 0 aliphatic rings. The van der Waals surface area contributed by atoms with E-state index in [1.165, 1.54) is 0 Å². The van der Waals surface area contributed by atoms with Gasteiger partial charge in [-0.1, -0.05) is 78.3 Å². The molecule has 1 N–H and O–H groups in total. The van der Waals surface area contributed by atoms with Gasteiger partial charge in [-0.3, -0.25) is 9.59 Å². The fourth-order valence-corrected chi connectivity index (χ4v) is 3.98. The van der Waals surface area contributed by atoms with E-state index in [-0.39, 0.29) is 18.2 Å². The summed E-state index contributed by atoms with van der Waals surface area (Å²) in [5, 5.41) is 3.72. The molecule has 3 aromatic rings. The molecule has 1 unspecified atom stereocenters. The first-order chi connectivity index (χ1) is 16.1. The van der Waals surface area contributed by atoms with Crippen molar-refractivity contribution in [3.63, 3.8) is 0 Å². The molecule has 0 aliphatic carbocycles. The van der Waals surface area contributed by atoms with Crippen molar-refractivity contribution in [2.45, 2.75) is 58.7 Å². The van der Waals surface area contributed by atoms with Gasteiger partial charge in [-0.25, -0.2) is 0 Å². The Morgan fingerprint density at radius 2 is 1.50 bits per heavy atom. The highest BCUT2D eigenvalue weighted by molar-refractivity contribution is 6.30. The van der Waals surface area contributed by atoms with E-state index in [0.717, 1.165) is 22.3 Å². The van der Waals surface area contributed by atoms with Crippen LogP contribution in [0.3, 0.4) is 0 Å². The van der Waals surface area contributed by atoms with Crippen LogP contribution in [0, 0.1) is 6.92 Å². The molecule has 3 aromatic carbocycles. The number of carbonyl (C=O) groups is 2. The summed E-state index contributed by atoms with van der Waals surface area (Å²) in [6, 6.07) is 24.4. The zero-order valence-corrected chi connectivity index (χ0v) is 21.1. The van der Waals surface area contributed by atoms with Gasteiger partial charge in [-0.15, -0.1) is 0 Å². The lowest BCUT2D eigenvalue weighted by molar-refractivity contribution is -0.141. The molecule has 3 rings (SSSR count). The lowest BCUT2D eigenvalue weighted by Crippen LogP contribution is -2.54. The Bertz CT molecular complexity index is 1100. The van der Waals surface area contributed by atoms with Crippen molar-refractivity contribution >= 4 is 23.4 Å². The second-order valence-corrected chi connectivity index (χ2v) is 10.1. The minimum Gasteiger partial charge on any atom is -0.350 e. The maximum atomic E-state index is 13.7. The maximum absolute atomic E-state index is 13.7. The molecule has 1 atom stereocenters. The zero-order valence-electron chi connectivity index (χ0n) is 20.3. The van der Waals surface area contributed by atoms with E-state index in [2.05, 4.69) is 5.32 Å². The highest BCUT2D eigenvalue weighted by Crippen LogP contribution is 2.20. The van der Waals surface area contributed by atoms with Crippen molar-refractivity contribution in [2.75, 3.05) is 0 Å². The van der Waals surface area contributed by atoms with Crippen LogP contribution in [0.5, 0.6) is 0 Å². The molecule has 0 aliphatic heterocycles. The third-order valence-electron chi connectivity index (χ3n) is 5.64. The first kappa shape index (κ1) is 25.5. The van der Waals surface area contributed by atoms with Crippen molar-refractivity contribution < 1.29 is 9.59 Å². The maximum Gasteiger partial charge on any atom is 0.243 e. The number of hydrogen-bond donors (Lipinski definition) is 1. The molecule has 0 radical (unpaired) electrons. The summed E-state index contributed by atoms with van der Waals surface area (Å²) >= 11 is 6.03. The fraction of sp³-hybridized carbons (Fsp3) is 0.310. The van der Waals surface area contributed by atoms with Crippen LogP contribution in [-0.2, 0) is 29.0 Å². The third-order valence-corrected chi connectivity index (χ3v) is 5.89. The van der Waals surface area contributed by atoms with Gasteiger partial charge in [0.1, 0.15) is 6.04 Å². The molecule has 0 aromatic heterocycles. The number of carbonyl (C=O) groups excluding carboxylic acids is 2. The Labute approximate surface area is 207 Å². The lowest BCUT2D eigenvalue weighted by Gasteiger charge is -2.34. The van der Waals surface area contributed by atoms with Gasteiger partial charge in [0.15, 0.2) is 0 Å². The van der Waals surface area contributed by atoms with Crippen LogP contribution in [0.25, 0.3) is 0 Å². The molecular weight excluding hydrogens is 444 g/mol. The Hall–Kier alpha value is -3.11. The van der Waals surface area contributed by atoms with Crippen LogP contribution >= 0.6 is 11.6 Å². The summed E-state index contributed by atoms with van der Waals surface area (Å²) in [4.78, 5) is 29.0. The third kappa shape index (κ3) is 7.46. The summed E-state index contributed by atoms with van der Waals surface area (Å²) in [5.41, 5.74) is 3.55. The van der Waals surface area contributed by atoms with E-state index >= 15 is 0 Å². The molecule has 0 spiro atoms. The molecule has 4 nitrogen and oxygen atoms in total. The standard InChI is InChI=1S/C29H33ClN2O2/c1-21-10-8-9-13-24(21)20-32(27(33)19-23-14-16-25(30)17-15-23)26(28(34)31-29(2,3)4)18-22-11-6-5-7-12-22/h5-17,26H,18-20H2,1-4H3,(H,31,34). The zero-order chi connectivity index (χ0) is 24.7. The Morgan fingerprint density at radius 3 is 2.12 bits per heavy atom. The predicted octanol–water partition coefficient (Wildman–Crippen LogP) is 5.75. The van der Waals surface area contributed by atoms with E-state index in [4.69, 9.17) is 11.6 Å². The van der Waals surface area contributed by atoms with Crippen molar-refractivity contribution in [3.8, 4) is 0 Å². The number of amides is 2. The van der Waals surface area contributed by atoms with Crippen LogP contribution in [0.1, 0.15) is 43.0 Å². The van der Waals surface area contributed by atoms with Gasteiger partial charge in [0, 0.05) is 23.5 Å². The van der Waals surface area contributed by atoms with Crippen LogP contribution in [0.2, 0.25) is 5.02 Å². The first-order valence-electron chi connectivity index (χ1n) is 11.6. The summed E-state index contributed by atoms with van der Waals surface area (Å²) in [6.07, 6.45) is 0.623. The number of halogens is 1. The minimum absolute atomic E-state index is 0.101. The second-order valence-electron chi connectivity index (χ2n) is 9.70. The summed E-state index contributed by atoms with van der Waals surface area (Å²) in [5.74, 6) is -0.259. The average Bonchev–Trinajstić information content (AvgIpc) is 2.78. The molecular formula is C29H33ClN2O2. The molecule has 0 bridgehead atoms. The summed E-state index contributed by atoms with van der Waals surface area (Å²) in [6.45, 7) is 8.23. The van der Waals surface area contributed by atoms with E-state index in [1.807, 2.05) is 94.4 Å². The fourth-order valence-electron chi connectivity index (χ4n) is 3.86. The summed E-state index contributed by atoms with van der Waals surface area (Å²) < 4.78 is 0. The van der Waals surface area contributed by atoms with Gasteiger partial charge in [-0.05, 0) is 62.1 Å². The average molecular weight is 477 g/mol. The van der Waals surface area contributed by atoms with Gasteiger partial charge in [0.2, 0.25) is 11.8 Å². The Balaban J connectivity index is 1.99. The van der Waals surface area contributed by atoms with Crippen LogP contribution in [0.4, 0.5) is 0 Å². The number of nitrogens with one attached hydrogen (secondary N) is 1. The number of rotatable bonds is 8. The number of benzene rings is 3. The van der Waals surface area contributed by atoms with Gasteiger partial charge in [-0.2, -0.15) is 0 Å². The van der Waals surface area contributed by atoms with Crippen molar-refractivity contribution in [2.24, 2.45) is 0 Å². The SMILES string of the molecule is Cc1ccccc1CN(C(=O)Cc1ccc(Cl)cc1)C(Cc1ccccc1)C(=O)NC(C)(C)C. The Morgan fingerprint density at radius 1 is 0.882 bits per heavy atom. The van der Waals surface area contributed by atoms with Gasteiger partial charge < -0.3 is 10.2 Å². The second kappa shape index (κ2) is 11.3. The molecule has 0 fully saturated rings. The van der Waals surface area contributed by atoms with E-state index < -0.39 is 11.6 Å². The molecule has 0 heterocycles. The smallest absolute Gasteiger partial charge is 0.243 e. The first-order valence-corrected chi connectivity index (χ1v) is 11.9. The van der Waals surface area contributed by atoms with Crippen molar-refractivity contribution in [1.29, 1.82) is 0 Å². The van der Waals surface area contributed by atoms with Gasteiger partial charge in [0.25, 0.3) is 0 Å². The largest absolute Gasteiger partial charge is 0.350 e. The predicted molar refractivity (Wildman–Crippen MR) is 139 cm³/mol. The molecule has 0 saturated carbocycles. The van der Waals surface area contributed by atoms with Gasteiger partial charge in [0.05, 0.1) is 6.42 Å². The minimum atomic E-state index is -0.652. The normalized spacial score (nSPS) is 12.1. The lowest BCUT2D eigenvalue weighted by atomic mass is 9.99. The van der Waals surface area contributed by atoms with Crippen LogP contribution < -0.4 is 5.32 Å². The summed E-state index contributed by atoms with van der Waals surface area (Å²) in [7, 11) is 0. The monoisotopic (exact) mass is 476 g/mol. The number of hydrogen-bond acceptors (Lipinski definition) is 2. The quantitative estimate of drug-likeness (QED) is 0.450. The van der Waals surface area contributed by atoms with Crippen LogP contribution in [0.15, 0.2) is 78.9 Å². The molecule has 5 heteroatoms. The van der Waals surface area contributed by atoms with E-state index in [0.29, 0.717) is 18.0 Å². The highest BCUT2D eigenvalue weighted by atomic mass is 35.5. The van der Waals surface area contributed by atoms with Gasteiger partial charge >= 0.3 is 0 Å². The van der Waals surface area contributed by atoms with Crippen molar-refractivity contribution in [3.05, 3.63) is 106 Å². The molecule has 178 valence electrons.